The van der Waals surface area contributed by atoms with Gasteiger partial charge in [-0.1, -0.05) is 12.5 Å². The van der Waals surface area contributed by atoms with Gasteiger partial charge in [0.05, 0.1) is 20.3 Å². The van der Waals surface area contributed by atoms with Gasteiger partial charge in [-0.25, -0.2) is 0 Å². The minimum absolute atomic E-state index is 0.265. The number of hydrogen-bond acceptors (Lipinski definition) is 4. The fraction of sp³-hybridized carbons (Fsp3) is 0.600. The van der Waals surface area contributed by atoms with Gasteiger partial charge in [0, 0.05) is 17.7 Å². The molecule has 0 aromatic heterocycles. The van der Waals surface area contributed by atoms with E-state index in [4.69, 9.17) is 9.47 Å². The highest BCUT2D eigenvalue weighted by Gasteiger charge is 2.25. The lowest BCUT2D eigenvalue weighted by molar-refractivity contribution is 0.315. The molecule has 1 saturated heterocycles. The second-order valence-electron chi connectivity index (χ2n) is 4.93. The zero-order chi connectivity index (χ0) is 13.7. The molecule has 0 bridgehead atoms. The van der Waals surface area contributed by atoms with Crippen LogP contribution in [0.15, 0.2) is 18.2 Å². The van der Waals surface area contributed by atoms with Gasteiger partial charge < -0.3 is 20.1 Å². The molecule has 4 nitrogen and oxygen atoms in total. The van der Waals surface area contributed by atoms with Crippen LogP contribution in [0.3, 0.4) is 0 Å². The Morgan fingerprint density at radius 2 is 2.11 bits per heavy atom. The van der Waals surface area contributed by atoms with Gasteiger partial charge in [0.1, 0.15) is 11.5 Å². The first-order chi connectivity index (χ1) is 9.30. The summed E-state index contributed by atoms with van der Waals surface area (Å²) in [5.41, 5.74) is 1.19. The first-order valence-electron chi connectivity index (χ1n) is 6.92. The lowest BCUT2D eigenvalue weighted by Gasteiger charge is -2.32. The number of nitrogens with one attached hydrogen (secondary N) is 2. The smallest absolute Gasteiger partial charge is 0.127 e. The number of ether oxygens (including phenoxy) is 2. The highest BCUT2D eigenvalue weighted by molar-refractivity contribution is 5.43. The molecule has 19 heavy (non-hydrogen) atoms. The summed E-state index contributed by atoms with van der Waals surface area (Å²) < 4.78 is 10.8. The standard InChI is InChI=1S/C15H24N2O2/c1-16-15(13-6-4-5-9-17-13)12-8-7-11(18-2)10-14(12)19-3/h7-8,10,13,15-17H,4-6,9H2,1-3H3. The van der Waals surface area contributed by atoms with Crippen molar-refractivity contribution in [2.45, 2.75) is 31.3 Å². The third kappa shape index (κ3) is 3.19. The van der Waals surface area contributed by atoms with E-state index in [2.05, 4.69) is 16.7 Å². The van der Waals surface area contributed by atoms with Crippen molar-refractivity contribution in [1.82, 2.24) is 10.6 Å². The van der Waals surface area contributed by atoms with E-state index in [0.717, 1.165) is 18.0 Å². The molecular weight excluding hydrogens is 240 g/mol. The van der Waals surface area contributed by atoms with Crippen LogP contribution in [0, 0.1) is 0 Å². The van der Waals surface area contributed by atoms with E-state index in [1.807, 2.05) is 19.2 Å². The van der Waals surface area contributed by atoms with Crippen molar-refractivity contribution in [3.05, 3.63) is 23.8 Å². The lowest BCUT2D eigenvalue weighted by Crippen LogP contribution is -2.43. The van der Waals surface area contributed by atoms with Gasteiger partial charge in [0.25, 0.3) is 0 Å². The van der Waals surface area contributed by atoms with Crippen LogP contribution in [0.4, 0.5) is 0 Å². The Morgan fingerprint density at radius 3 is 2.68 bits per heavy atom. The van der Waals surface area contributed by atoms with Crippen molar-refractivity contribution in [3.8, 4) is 11.5 Å². The molecule has 4 heteroatoms. The third-order valence-corrected chi connectivity index (χ3v) is 3.84. The lowest BCUT2D eigenvalue weighted by atomic mass is 9.92. The number of piperidine rings is 1. The zero-order valence-electron chi connectivity index (χ0n) is 12.0. The summed E-state index contributed by atoms with van der Waals surface area (Å²) in [5.74, 6) is 1.71. The normalized spacial score (nSPS) is 20.9. The first kappa shape index (κ1) is 14.2. The largest absolute Gasteiger partial charge is 0.497 e. The Balaban J connectivity index is 2.26. The Morgan fingerprint density at radius 1 is 1.26 bits per heavy atom. The number of rotatable bonds is 5. The van der Waals surface area contributed by atoms with Crippen LogP contribution in [0.1, 0.15) is 30.9 Å². The van der Waals surface area contributed by atoms with Gasteiger partial charge in [-0.2, -0.15) is 0 Å². The van der Waals surface area contributed by atoms with Gasteiger partial charge in [-0.3, -0.25) is 0 Å². The quantitative estimate of drug-likeness (QED) is 0.855. The van der Waals surface area contributed by atoms with Crippen molar-refractivity contribution in [3.63, 3.8) is 0 Å². The minimum Gasteiger partial charge on any atom is -0.497 e. The van der Waals surface area contributed by atoms with E-state index in [1.165, 1.54) is 24.8 Å². The number of likely N-dealkylation sites (N-methyl/N-ethyl adjacent to an activating group) is 1. The Kier molecular flexibility index (Phi) is 5.05. The van der Waals surface area contributed by atoms with Gasteiger partial charge >= 0.3 is 0 Å². The van der Waals surface area contributed by atoms with Crippen LogP contribution in [-0.4, -0.2) is 33.9 Å². The van der Waals surface area contributed by atoms with E-state index in [-0.39, 0.29) is 6.04 Å². The van der Waals surface area contributed by atoms with E-state index in [0.29, 0.717) is 6.04 Å². The van der Waals surface area contributed by atoms with Crippen LogP contribution in [-0.2, 0) is 0 Å². The minimum atomic E-state index is 0.265. The van der Waals surface area contributed by atoms with Gasteiger partial charge in [-0.05, 0) is 32.5 Å². The summed E-state index contributed by atoms with van der Waals surface area (Å²) in [6, 6.07) is 6.75. The van der Waals surface area contributed by atoms with Crippen molar-refractivity contribution < 1.29 is 9.47 Å². The van der Waals surface area contributed by atoms with Gasteiger partial charge in [0.15, 0.2) is 0 Å². The second-order valence-corrected chi connectivity index (χ2v) is 4.93. The molecule has 0 aliphatic carbocycles. The van der Waals surface area contributed by atoms with Crippen LogP contribution in [0.2, 0.25) is 0 Å². The Hall–Kier alpha value is -1.26. The Bertz CT molecular complexity index is 403. The molecule has 1 fully saturated rings. The number of methoxy groups -OCH3 is 2. The summed E-state index contributed by atoms with van der Waals surface area (Å²) in [7, 11) is 5.39. The Labute approximate surface area is 115 Å². The van der Waals surface area contributed by atoms with Crippen molar-refractivity contribution in [2.24, 2.45) is 0 Å². The summed E-state index contributed by atoms with van der Waals surface area (Å²) in [6.45, 7) is 1.10. The van der Waals surface area contributed by atoms with Crippen LogP contribution < -0.4 is 20.1 Å². The maximum absolute atomic E-state index is 5.51. The summed E-state index contributed by atoms with van der Waals surface area (Å²) >= 11 is 0. The molecule has 0 amide bonds. The maximum Gasteiger partial charge on any atom is 0.127 e. The first-order valence-corrected chi connectivity index (χ1v) is 6.92. The molecule has 2 N–H and O–H groups in total. The fourth-order valence-corrected chi connectivity index (χ4v) is 2.81. The number of benzene rings is 1. The SMILES string of the molecule is CNC(c1ccc(OC)cc1OC)C1CCCCN1. The highest BCUT2D eigenvalue weighted by Crippen LogP contribution is 2.32. The van der Waals surface area contributed by atoms with E-state index in [1.54, 1.807) is 14.2 Å². The molecule has 2 unspecified atom stereocenters. The molecule has 1 aliphatic heterocycles. The van der Waals surface area contributed by atoms with Gasteiger partial charge in [0.2, 0.25) is 0 Å². The van der Waals surface area contributed by atoms with Gasteiger partial charge in [-0.15, -0.1) is 0 Å². The van der Waals surface area contributed by atoms with E-state index in [9.17, 15) is 0 Å². The zero-order valence-corrected chi connectivity index (χ0v) is 12.0. The van der Waals surface area contributed by atoms with E-state index < -0.39 is 0 Å². The van der Waals surface area contributed by atoms with Crippen LogP contribution in [0.5, 0.6) is 11.5 Å². The second kappa shape index (κ2) is 6.78. The highest BCUT2D eigenvalue weighted by atomic mass is 16.5. The number of hydrogen-bond donors (Lipinski definition) is 2. The van der Waals surface area contributed by atoms with Crippen LogP contribution in [0.25, 0.3) is 0 Å². The van der Waals surface area contributed by atoms with Crippen LogP contribution >= 0.6 is 0 Å². The molecule has 0 spiro atoms. The monoisotopic (exact) mass is 264 g/mol. The maximum atomic E-state index is 5.51. The molecule has 1 aliphatic rings. The molecule has 2 rings (SSSR count). The average Bonchev–Trinajstić information content (AvgIpc) is 2.49. The molecule has 1 aromatic rings. The van der Waals surface area contributed by atoms with Crippen molar-refractivity contribution in [1.29, 1.82) is 0 Å². The molecule has 1 heterocycles. The van der Waals surface area contributed by atoms with Crippen molar-refractivity contribution in [2.75, 3.05) is 27.8 Å². The molecule has 2 atom stereocenters. The predicted octanol–water partition coefficient (Wildman–Crippen LogP) is 2.11. The third-order valence-electron chi connectivity index (χ3n) is 3.84. The average molecular weight is 264 g/mol. The fourth-order valence-electron chi connectivity index (χ4n) is 2.81. The summed E-state index contributed by atoms with van der Waals surface area (Å²) in [6.07, 6.45) is 3.75. The molecule has 0 saturated carbocycles. The molecule has 0 radical (unpaired) electrons. The summed E-state index contributed by atoms with van der Waals surface area (Å²) in [4.78, 5) is 0. The van der Waals surface area contributed by atoms with E-state index >= 15 is 0 Å². The molecule has 106 valence electrons. The molecule has 1 aromatic carbocycles. The topological polar surface area (TPSA) is 42.5 Å². The summed E-state index contributed by atoms with van der Waals surface area (Å²) in [5, 5.41) is 7.02. The van der Waals surface area contributed by atoms with Crippen molar-refractivity contribution >= 4 is 0 Å². The molecular formula is C15H24N2O2. The predicted molar refractivity (Wildman–Crippen MR) is 77.0 cm³/mol.